The normalized spacial score (nSPS) is 15.8. The minimum Gasteiger partial charge on any atom is -0.508 e. The lowest BCUT2D eigenvalue weighted by Crippen LogP contribution is -2.34. The van der Waals surface area contributed by atoms with Gasteiger partial charge in [-0.25, -0.2) is 13.1 Å². The van der Waals surface area contributed by atoms with Crippen LogP contribution < -0.4 is 9.62 Å². The maximum Gasteiger partial charge on any atom is 0.250 e. The summed E-state index contributed by atoms with van der Waals surface area (Å²) >= 11 is 0. The number of likely N-dealkylation sites (N-methyl/N-ethyl adjacent to an activating group) is 1. The van der Waals surface area contributed by atoms with Crippen LogP contribution in [0, 0.1) is 0 Å². The van der Waals surface area contributed by atoms with Gasteiger partial charge in [-0.3, -0.25) is 4.79 Å². The number of benzene rings is 2. The lowest BCUT2D eigenvalue weighted by atomic mass is 10.1. The molecule has 7 heteroatoms. The van der Waals surface area contributed by atoms with Gasteiger partial charge in [0.25, 0.3) is 5.91 Å². The number of carbonyl (C=O) groups excluding carboxylic acids is 1. The van der Waals surface area contributed by atoms with Gasteiger partial charge in [0.1, 0.15) is 5.75 Å². The van der Waals surface area contributed by atoms with E-state index in [9.17, 15) is 18.3 Å². The smallest absolute Gasteiger partial charge is 0.250 e. The molecular formula is C23H28N2O4S. The first kappa shape index (κ1) is 22.1. The summed E-state index contributed by atoms with van der Waals surface area (Å²) in [6, 6.07) is 12.8. The summed E-state index contributed by atoms with van der Waals surface area (Å²) in [6.07, 6.45) is 9.28. The van der Waals surface area contributed by atoms with Crippen molar-refractivity contribution < 1.29 is 18.3 Å². The average Bonchev–Trinajstić information content (AvgIpc) is 3.01. The van der Waals surface area contributed by atoms with Gasteiger partial charge < -0.3 is 10.0 Å². The van der Waals surface area contributed by atoms with Crippen molar-refractivity contribution in [1.29, 1.82) is 0 Å². The second kappa shape index (κ2) is 9.91. The van der Waals surface area contributed by atoms with E-state index in [4.69, 9.17) is 0 Å². The van der Waals surface area contributed by atoms with Crippen LogP contribution in [-0.2, 0) is 14.8 Å². The zero-order valence-corrected chi connectivity index (χ0v) is 17.9. The van der Waals surface area contributed by atoms with E-state index in [2.05, 4.69) is 4.72 Å². The molecule has 1 amide bonds. The minimum absolute atomic E-state index is 0.00790. The van der Waals surface area contributed by atoms with Crippen LogP contribution in [-0.4, -0.2) is 32.5 Å². The molecule has 1 fully saturated rings. The molecule has 3 rings (SSSR count). The molecule has 0 aromatic heterocycles. The second-order valence-corrected chi connectivity index (χ2v) is 9.34. The van der Waals surface area contributed by atoms with Gasteiger partial charge in [-0.2, -0.15) is 0 Å². The number of phenols is 1. The summed E-state index contributed by atoms with van der Waals surface area (Å²) in [5.74, 6) is -0.0746. The number of aromatic hydroxyl groups is 1. The van der Waals surface area contributed by atoms with Gasteiger partial charge in [-0.15, -0.1) is 0 Å². The number of rotatable bonds is 6. The van der Waals surface area contributed by atoms with Crippen molar-refractivity contribution in [2.45, 2.75) is 49.5 Å². The summed E-state index contributed by atoms with van der Waals surface area (Å²) in [5, 5.41) is 9.31. The van der Waals surface area contributed by atoms with Crippen LogP contribution in [0.2, 0.25) is 0 Å². The molecule has 0 radical (unpaired) electrons. The number of phenolic OH excluding ortho intramolecular Hbond substituents is 1. The number of amides is 1. The Morgan fingerprint density at radius 3 is 2.20 bits per heavy atom. The molecule has 0 saturated heterocycles. The van der Waals surface area contributed by atoms with Crippen molar-refractivity contribution in [1.82, 2.24) is 4.72 Å². The topological polar surface area (TPSA) is 86.7 Å². The van der Waals surface area contributed by atoms with Gasteiger partial charge >= 0.3 is 0 Å². The van der Waals surface area contributed by atoms with Crippen LogP contribution >= 0.6 is 0 Å². The Morgan fingerprint density at radius 2 is 1.60 bits per heavy atom. The molecule has 1 aliphatic carbocycles. The lowest BCUT2D eigenvalue weighted by Gasteiger charge is -2.18. The first-order valence-electron chi connectivity index (χ1n) is 10.2. The molecule has 0 heterocycles. The Morgan fingerprint density at radius 1 is 1.00 bits per heavy atom. The highest BCUT2D eigenvalue weighted by atomic mass is 32.2. The van der Waals surface area contributed by atoms with Gasteiger partial charge in [0.05, 0.1) is 4.90 Å². The summed E-state index contributed by atoms with van der Waals surface area (Å²) in [5.41, 5.74) is 1.39. The molecule has 0 bridgehead atoms. The SMILES string of the molecule is CN(C(=O)/C=C/c1ccc(O)cc1)c1ccc(S(=O)(=O)NC2CCCCCC2)cc1. The zero-order valence-electron chi connectivity index (χ0n) is 17.1. The lowest BCUT2D eigenvalue weighted by molar-refractivity contribution is -0.113. The molecule has 0 aliphatic heterocycles. The molecule has 2 aromatic carbocycles. The van der Waals surface area contributed by atoms with E-state index >= 15 is 0 Å². The van der Waals surface area contributed by atoms with Crippen LogP contribution in [0.25, 0.3) is 6.08 Å². The first-order chi connectivity index (χ1) is 14.3. The van der Waals surface area contributed by atoms with Crippen LogP contribution in [0.3, 0.4) is 0 Å². The second-order valence-electron chi connectivity index (χ2n) is 7.63. The standard InChI is InChI=1S/C23H28N2O4S/c1-25(23(27)17-10-18-8-13-21(26)14-9-18)20-11-15-22(16-12-20)30(28,29)24-19-6-4-2-3-5-7-19/h8-17,19,24,26H,2-7H2,1H3/b17-10+. The summed E-state index contributed by atoms with van der Waals surface area (Å²) in [4.78, 5) is 14.1. The third-order valence-electron chi connectivity index (χ3n) is 5.35. The van der Waals surface area contributed by atoms with Crippen molar-refractivity contribution in [2.75, 3.05) is 11.9 Å². The van der Waals surface area contributed by atoms with E-state index in [1.165, 1.54) is 23.1 Å². The van der Waals surface area contributed by atoms with E-state index in [-0.39, 0.29) is 22.6 Å². The molecule has 2 N–H and O–H groups in total. The third kappa shape index (κ3) is 5.93. The molecule has 0 spiro atoms. The van der Waals surface area contributed by atoms with E-state index in [1.54, 1.807) is 49.5 Å². The maximum absolute atomic E-state index is 12.7. The van der Waals surface area contributed by atoms with Gasteiger partial charge in [-0.1, -0.05) is 37.8 Å². The fourth-order valence-corrected chi connectivity index (χ4v) is 4.83. The Balaban J connectivity index is 1.64. The van der Waals surface area contributed by atoms with Crippen molar-refractivity contribution in [3.05, 3.63) is 60.2 Å². The van der Waals surface area contributed by atoms with E-state index < -0.39 is 10.0 Å². The van der Waals surface area contributed by atoms with Crippen molar-refractivity contribution >= 4 is 27.7 Å². The third-order valence-corrected chi connectivity index (χ3v) is 6.89. The molecule has 2 aromatic rings. The molecule has 0 atom stereocenters. The first-order valence-corrected chi connectivity index (χ1v) is 11.7. The van der Waals surface area contributed by atoms with Gasteiger partial charge in [-0.05, 0) is 60.9 Å². The predicted octanol–water partition coefficient (Wildman–Crippen LogP) is 4.07. The van der Waals surface area contributed by atoms with Crippen LogP contribution in [0.15, 0.2) is 59.5 Å². The van der Waals surface area contributed by atoms with Crippen molar-refractivity contribution in [2.24, 2.45) is 0 Å². The molecule has 30 heavy (non-hydrogen) atoms. The Kier molecular flexibility index (Phi) is 7.29. The largest absolute Gasteiger partial charge is 0.508 e. The van der Waals surface area contributed by atoms with E-state index in [1.807, 2.05) is 0 Å². The number of anilines is 1. The Labute approximate surface area is 178 Å². The summed E-state index contributed by atoms with van der Waals surface area (Å²) in [6.45, 7) is 0. The number of nitrogens with zero attached hydrogens (tertiary/aromatic N) is 1. The maximum atomic E-state index is 12.7. The van der Waals surface area contributed by atoms with E-state index in [0.717, 1.165) is 44.1 Å². The highest BCUT2D eigenvalue weighted by Crippen LogP contribution is 2.21. The number of nitrogens with one attached hydrogen (secondary N) is 1. The fraction of sp³-hybridized carbons (Fsp3) is 0.348. The monoisotopic (exact) mass is 428 g/mol. The summed E-state index contributed by atoms with van der Waals surface area (Å²) in [7, 11) is -1.94. The number of sulfonamides is 1. The molecular weight excluding hydrogens is 400 g/mol. The fourth-order valence-electron chi connectivity index (χ4n) is 3.53. The molecule has 0 unspecified atom stereocenters. The molecule has 1 saturated carbocycles. The highest BCUT2D eigenvalue weighted by Gasteiger charge is 2.21. The number of hydrogen-bond acceptors (Lipinski definition) is 4. The van der Waals surface area contributed by atoms with Crippen molar-refractivity contribution in [3.63, 3.8) is 0 Å². The quantitative estimate of drug-likeness (QED) is 0.536. The van der Waals surface area contributed by atoms with Crippen molar-refractivity contribution in [3.8, 4) is 5.75 Å². The van der Waals surface area contributed by atoms with Gasteiger partial charge in [0.2, 0.25) is 10.0 Å². The molecule has 160 valence electrons. The van der Waals surface area contributed by atoms with Crippen LogP contribution in [0.1, 0.15) is 44.1 Å². The van der Waals surface area contributed by atoms with E-state index in [0.29, 0.717) is 5.69 Å². The number of hydrogen-bond donors (Lipinski definition) is 2. The predicted molar refractivity (Wildman–Crippen MR) is 119 cm³/mol. The zero-order chi connectivity index (χ0) is 21.6. The minimum atomic E-state index is -3.58. The Hall–Kier alpha value is -2.64. The summed E-state index contributed by atoms with van der Waals surface area (Å²) < 4.78 is 28.2. The highest BCUT2D eigenvalue weighted by molar-refractivity contribution is 7.89. The Bertz CT molecular complexity index is 975. The number of carbonyl (C=O) groups is 1. The van der Waals surface area contributed by atoms with Crippen LogP contribution in [0.4, 0.5) is 5.69 Å². The average molecular weight is 429 g/mol. The van der Waals surface area contributed by atoms with Crippen LogP contribution in [0.5, 0.6) is 5.75 Å². The molecule has 1 aliphatic rings. The van der Waals surface area contributed by atoms with Gasteiger partial charge in [0, 0.05) is 24.9 Å². The molecule has 6 nitrogen and oxygen atoms in total. The van der Waals surface area contributed by atoms with Gasteiger partial charge in [0.15, 0.2) is 0 Å².